The maximum absolute atomic E-state index is 13.9. The topological polar surface area (TPSA) is 17.1 Å². The van der Waals surface area contributed by atoms with Crippen molar-refractivity contribution >= 4 is 37.6 Å². The molecule has 0 N–H and O–H groups in total. The Labute approximate surface area is 125 Å². The third-order valence-corrected chi connectivity index (χ3v) is 4.25. The predicted molar refractivity (Wildman–Crippen MR) is 76.4 cm³/mol. The molecule has 1 nitrogen and oxygen atoms in total. The van der Waals surface area contributed by atoms with Crippen LogP contribution in [0.3, 0.4) is 0 Å². The zero-order valence-corrected chi connectivity index (χ0v) is 13.0. The summed E-state index contributed by atoms with van der Waals surface area (Å²) in [5, 5.41) is 0. The molecule has 2 rings (SSSR count). The van der Waals surface area contributed by atoms with E-state index >= 15 is 0 Å². The molecule has 0 fully saturated rings. The monoisotopic (exact) mass is 388 g/mol. The van der Waals surface area contributed by atoms with Gasteiger partial charge in [-0.25, -0.2) is 8.78 Å². The summed E-state index contributed by atoms with van der Waals surface area (Å²) < 4.78 is 28.4. The number of benzene rings is 2. The van der Waals surface area contributed by atoms with Crippen molar-refractivity contribution in [3.8, 4) is 0 Å². The van der Waals surface area contributed by atoms with Crippen LogP contribution in [0.2, 0.25) is 0 Å². The molecular formula is C14H8Br2F2O. The number of hydrogen-bond acceptors (Lipinski definition) is 1. The second-order valence-electron chi connectivity index (χ2n) is 3.96. The first-order valence-electron chi connectivity index (χ1n) is 5.36. The van der Waals surface area contributed by atoms with E-state index in [2.05, 4.69) is 31.9 Å². The van der Waals surface area contributed by atoms with Crippen LogP contribution in [0, 0.1) is 18.6 Å². The van der Waals surface area contributed by atoms with E-state index in [0.29, 0.717) is 10.0 Å². The highest BCUT2D eigenvalue weighted by Gasteiger charge is 2.22. The Bertz CT molecular complexity index is 669. The lowest BCUT2D eigenvalue weighted by molar-refractivity contribution is 0.103. The van der Waals surface area contributed by atoms with Gasteiger partial charge in [-0.2, -0.15) is 0 Å². The first-order valence-corrected chi connectivity index (χ1v) is 6.95. The molecule has 0 aliphatic heterocycles. The van der Waals surface area contributed by atoms with Crippen LogP contribution in [0.25, 0.3) is 0 Å². The number of carbonyl (C=O) groups excluding carboxylic acids is 1. The van der Waals surface area contributed by atoms with Crippen LogP contribution in [0.1, 0.15) is 21.5 Å². The van der Waals surface area contributed by atoms with Gasteiger partial charge in [-0.05, 0) is 46.6 Å². The van der Waals surface area contributed by atoms with E-state index in [0.717, 1.165) is 6.07 Å². The minimum Gasteiger partial charge on any atom is -0.288 e. The molecule has 0 unspecified atom stereocenters. The molecule has 19 heavy (non-hydrogen) atoms. The van der Waals surface area contributed by atoms with E-state index in [4.69, 9.17) is 0 Å². The number of ketones is 1. The maximum Gasteiger partial charge on any atom is 0.199 e. The number of rotatable bonds is 2. The summed E-state index contributed by atoms with van der Waals surface area (Å²) in [6, 6.07) is 7.25. The van der Waals surface area contributed by atoms with Crippen molar-refractivity contribution in [1.29, 1.82) is 0 Å². The fraction of sp³-hybridized carbons (Fsp3) is 0.0714. The van der Waals surface area contributed by atoms with Gasteiger partial charge >= 0.3 is 0 Å². The lowest BCUT2D eigenvalue weighted by Crippen LogP contribution is -2.09. The average Bonchev–Trinajstić information content (AvgIpc) is 2.37. The fourth-order valence-corrected chi connectivity index (χ4v) is 2.42. The zero-order valence-electron chi connectivity index (χ0n) is 9.81. The van der Waals surface area contributed by atoms with Crippen molar-refractivity contribution in [3.63, 3.8) is 0 Å². The molecule has 5 heteroatoms. The molecule has 2 aromatic carbocycles. The molecule has 0 aromatic heterocycles. The van der Waals surface area contributed by atoms with Crippen molar-refractivity contribution in [1.82, 2.24) is 0 Å². The van der Waals surface area contributed by atoms with E-state index in [1.807, 2.05) is 0 Å². The molecule has 0 aliphatic carbocycles. The standard InChI is InChI=1S/C14H8Br2F2O/c1-7-8(3-2-4-9(7)15)14(19)12-11(17)6-5-10(16)13(12)18/h2-6H,1H3. The number of carbonyl (C=O) groups is 1. The SMILES string of the molecule is Cc1c(Br)cccc1C(=O)c1c(F)ccc(Br)c1F. The second kappa shape index (κ2) is 5.51. The van der Waals surface area contributed by atoms with Crippen LogP contribution in [0.5, 0.6) is 0 Å². The normalized spacial score (nSPS) is 10.6. The molecule has 0 saturated carbocycles. The Morgan fingerprint density at radius 1 is 1.05 bits per heavy atom. The zero-order chi connectivity index (χ0) is 14.2. The van der Waals surface area contributed by atoms with Crippen LogP contribution < -0.4 is 0 Å². The van der Waals surface area contributed by atoms with Gasteiger partial charge in [0.05, 0.1) is 10.0 Å². The Morgan fingerprint density at radius 2 is 1.74 bits per heavy atom. The predicted octanol–water partition coefficient (Wildman–Crippen LogP) is 5.03. The van der Waals surface area contributed by atoms with Crippen LogP contribution in [-0.4, -0.2) is 5.78 Å². The minimum atomic E-state index is -0.885. The van der Waals surface area contributed by atoms with Gasteiger partial charge in [-0.1, -0.05) is 28.1 Å². The first-order chi connectivity index (χ1) is 8.93. The maximum atomic E-state index is 13.9. The van der Waals surface area contributed by atoms with E-state index in [9.17, 15) is 13.6 Å². The second-order valence-corrected chi connectivity index (χ2v) is 5.67. The molecule has 0 saturated heterocycles. The van der Waals surface area contributed by atoms with Crippen molar-refractivity contribution < 1.29 is 13.6 Å². The van der Waals surface area contributed by atoms with E-state index in [1.54, 1.807) is 25.1 Å². The van der Waals surface area contributed by atoms with Crippen molar-refractivity contribution in [2.24, 2.45) is 0 Å². The summed E-state index contributed by atoms with van der Waals surface area (Å²) in [5.74, 6) is -2.43. The summed E-state index contributed by atoms with van der Waals surface area (Å²) >= 11 is 6.24. The highest BCUT2D eigenvalue weighted by Crippen LogP contribution is 2.27. The molecule has 0 amide bonds. The van der Waals surface area contributed by atoms with Crippen LogP contribution in [0.15, 0.2) is 39.3 Å². The highest BCUT2D eigenvalue weighted by molar-refractivity contribution is 9.10. The summed E-state index contributed by atoms with van der Waals surface area (Å²) in [6.07, 6.45) is 0. The average molecular weight is 390 g/mol. The van der Waals surface area contributed by atoms with E-state index < -0.39 is 23.0 Å². The lowest BCUT2D eigenvalue weighted by Gasteiger charge is -2.09. The fourth-order valence-electron chi connectivity index (χ4n) is 1.72. The van der Waals surface area contributed by atoms with Gasteiger partial charge < -0.3 is 0 Å². The van der Waals surface area contributed by atoms with Crippen LogP contribution >= 0.6 is 31.9 Å². The highest BCUT2D eigenvalue weighted by atomic mass is 79.9. The third kappa shape index (κ3) is 2.62. The Morgan fingerprint density at radius 3 is 2.42 bits per heavy atom. The number of hydrogen-bond donors (Lipinski definition) is 0. The smallest absolute Gasteiger partial charge is 0.199 e. The summed E-state index contributed by atoms with van der Waals surface area (Å²) in [6.45, 7) is 1.71. The molecule has 0 heterocycles. The largest absolute Gasteiger partial charge is 0.288 e. The third-order valence-electron chi connectivity index (χ3n) is 2.78. The van der Waals surface area contributed by atoms with Gasteiger partial charge in [-0.15, -0.1) is 0 Å². The molecule has 0 atom stereocenters. The minimum absolute atomic E-state index is 0.0601. The Hall–Kier alpha value is -1.07. The Kier molecular flexibility index (Phi) is 4.16. The van der Waals surface area contributed by atoms with Gasteiger partial charge in [-0.3, -0.25) is 4.79 Å². The molecule has 0 spiro atoms. The molecule has 0 bridgehead atoms. The Balaban J connectivity index is 2.63. The van der Waals surface area contributed by atoms with E-state index in [1.165, 1.54) is 6.07 Å². The molecular weight excluding hydrogens is 382 g/mol. The summed E-state index contributed by atoms with van der Waals surface area (Å²) in [4.78, 5) is 12.3. The van der Waals surface area contributed by atoms with Gasteiger partial charge in [0.25, 0.3) is 0 Å². The van der Waals surface area contributed by atoms with Gasteiger partial charge in [0.2, 0.25) is 0 Å². The quantitative estimate of drug-likeness (QED) is 0.520. The first kappa shape index (κ1) is 14.3. The van der Waals surface area contributed by atoms with Crippen molar-refractivity contribution in [2.75, 3.05) is 0 Å². The number of halogens is 4. The summed E-state index contributed by atoms with van der Waals surface area (Å²) in [5.41, 5.74) is 0.368. The lowest BCUT2D eigenvalue weighted by atomic mass is 9.98. The van der Waals surface area contributed by atoms with Gasteiger partial charge in [0, 0.05) is 10.0 Å². The van der Waals surface area contributed by atoms with Crippen LogP contribution in [0.4, 0.5) is 8.78 Å². The van der Waals surface area contributed by atoms with Gasteiger partial charge in [0.1, 0.15) is 5.82 Å². The van der Waals surface area contributed by atoms with Crippen molar-refractivity contribution in [2.45, 2.75) is 6.92 Å². The van der Waals surface area contributed by atoms with Crippen molar-refractivity contribution in [3.05, 3.63) is 67.6 Å². The summed E-state index contributed by atoms with van der Waals surface area (Å²) in [7, 11) is 0. The molecule has 98 valence electrons. The van der Waals surface area contributed by atoms with Crippen LogP contribution in [-0.2, 0) is 0 Å². The molecule has 0 radical (unpaired) electrons. The van der Waals surface area contributed by atoms with Gasteiger partial charge in [0.15, 0.2) is 11.6 Å². The van der Waals surface area contributed by atoms with E-state index in [-0.39, 0.29) is 10.0 Å². The molecule has 2 aromatic rings. The molecule has 0 aliphatic rings.